The van der Waals surface area contributed by atoms with Crippen LogP contribution >= 0.6 is 15.9 Å². The van der Waals surface area contributed by atoms with Gasteiger partial charge in [-0.25, -0.2) is 0 Å². The molecule has 0 amide bonds. The van der Waals surface area contributed by atoms with Gasteiger partial charge in [-0.2, -0.15) is 0 Å². The molecule has 0 aliphatic carbocycles. The highest BCUT2D eigenvalue weighted by atomic mass is 79.9. The Kier molecular flexibility index (Phi) is 4.41. The van der Waals surface area contributed by atoms with Gasteiger partial charge in [0.15, 0.2) is 0 Å². The molecule has 1 unspecified atom stereocenters. The Balaban J connectivity index is 2.08. The first kappa shape index (κ1) is 9.49. The molecule has 1 heterocycles. The maximum Gasteiger partial charge on any atom is 0.0507 e. The lowest BCUT2D eigenvalue weighted by Crippen LogP contribution is -2.27. The van der Waals surface area contributed by atoms with Crippen molar-refractivity contribution in [2.45, 2.75) is 6.42 Å². The van der Waals surface area contributed by atoms with Gasteiger partial charge in [0.05, 0.1) is 6.61 Å². The summed E-state index contributed by atoms with van der Waals surface area (Å²) in [6.07, 6.45) is 1.24. The molecule has 11 heavy (non-hydrogen) atoms. The Bertz CT molecular complexity index is 104. The van der Waals surface area contributed by atoms with E-state index in [1.807, 2.05) is 0 Å². The third-order valence-electron chi connectivity index (χ3n) is 2.06. The molecule has 0 saturated carbocycles. The van der Waals surface area contributed by atoms with Crippen LogP contribution in [0.1, 0.15) is 6.42 Å². The molecule has 1 aliphatic rings. The Morgan fingerprint density at radius 1 is 1.64 bits per heavy atom. The van der Waals surface area contributed by atoms with E-state index >= 15 is 0 Å². The Morgan fingerprint density at radius 2 is 2.45 bits per heavy atom. The maximum atomic E-state index is 5.30. The van der Waals surface area contributed by atoms with Crippen molar-refractivity contribution in [2.24, 2.45) is 5.92 Å². The summed E-state index contributed by atoms with van der Waals surface area (Å²) in [4.78, 5) is 2.36. The van der Waals surface area contributed by atoms with Crippen molar-refractivity contribution in [1.82, 2.24) is 4.90 Å². The molecule has 3 heteroatoms. The van der Waals surface area contributed by atoms with Crippen LogP contribution in [0.15, 0.2) is 0 Å². The Hall–Kier alpha value is 0.400. The van der Waals surface area contributed by atoms with Crippen molar-refractivity contribution in [3.05, 3.63) is 0 Å². The summed E-state index contributed by atoms with van der Waals surface area (Å²) in [7, 11) is 2.17. The van der Waals surface area contributed by atoms with Gasteiger partial charge in [0.25, 0.3) is 0 Å². The van der Waals surface area contributed by atoms with Gasteiger partial charge in [0.1, 0.15) is 0 Å². The molecule has 1 saturated heterocycles. The van der Waals surface area contributed by atoms with E-state index in [0.29, 0.717) is 0 Å². The van der Waals surface area contributed by atoms with Gasteiger partial charge in [-0.1, -0.05) is 15.9 Å². The smallest absolute Gasteiger partial charge is 0.0507 e. The topological polar surface area (TPSA) is 12.5 Å². The van der Waals surface area contributed by atoms with Gasteiger partial charge in [-0.05, 0) is 19.4 Å². The van der Waals surface area contributed by atoms with Gasteiger partial charge in [0, 0.05) is 25.0 Å². The van der Waals surface area contributed by atoms with E-state index in [-0.39, 0.29) is 0 Å². The normalized spacial score (nSPS) is 24.8. The van der Waals surface area contributed by atoms with Crippen LogP contribution in [0.2, 0.25) is 0 Å². The molecule has 1 atom stereocenters. The number of ether oxygens (including phenoxy) is 1. The highest BCUT2D eigenvalue weighted by Gasteiger charge is 2.16. The summed E-state index contributed by atoms with van der Waals surface area (Å²) >= 11 is 3.43. The third kappa shape index (κ3) is 3.54. The average Bonchev–Trinajstić information content (AvgIpc) is 2.40. The zero-order valence-electron chi connectivity index (χ0n) is 7.05. The van der Waals surface area contributed by atoms with Gasteiger partial charge in [0.2, 0.25) is 0 Å². The summed E-state index contributed by atoms with van der Waals surface area (Å²) in [5.41, 5.74) is 0. The molecular formula is C8H16BrNO. The molecule has 0 aromatic rings. The van der Waals surface area contributed by atoms with Crippen LogP contribution in [-0.4, -0.2) is 43.6 Å². The van der Waals surface area contributed by atoms with Crippen LogP contribution in [0.4, 0.5) is 0 Å². The fraction of sp³-hybridized carbons (Fsp3) is 1.00. The highest BCUT2D eigenvalue weighted by Crippen LogP contribution is 2.12. The van der Waals surface area contributed by atoms with Crippen LogP contribution < -0.4 is 0 Å². The first-order valence-corrected chi connectivity index (χ1v) is 5.27. The lowest BCUT2D eigenvalue weighted by atomic mass is 10.1. The molecule has 1 fully saturated rings. The predicted octanol–water partition coefficient (Wildman–Crippen LogP) is 1.35. The summed E-state index contributed by atoms with van der Waals surface area (Å²) < 4.78 is 5.30. The number of halogens is 1. The number of nitrogens with zero attached hydrogens (tertiary/aromatic N) is 1. The zero-order valence-corrected chi connectivity index (χ0v) is 8.64. The van der Waals surface area contributed by atoms with Gasteiger partial charge >= 0.3 is 0 Å². The summed E-state index contributed by atoms with van der Waals surface area (Å²) in [6.45, 7) is 4.25. The highest BCUT2D eigenvalue weighted by molar-refractivity contribution is 9.09. The van der Waals surface area contributed by atoms with E-state index in [4.69, 9.17) is 4.74 Å². The minimum atomic E-state index is 0.777. The summed E-state index contributed by atoms with van der Waals surface area (Å²) in [5.74, 6) is 0.777. The fourth-order valence-corrected chi connectivity index (χ4v) is 2.01. The minimum Gasteiger partial charge on any atom is -0.381 e. The largest absolute Gasteiger partial charge is 0.381 e. The van der Waals surface area contributed by atoms with E-state index in [2.05, 4.69) is 27.9 Å². The number of hydrogen-bond donors (Lipinski definition) is 0. The molecule has 0 radical (unpaired) electrons. The Labute approximate surface area is 77.0 Å². The molecule has 66 valence electrons. The number of rotatable bonds is 4. The van der Waals surface area contributed by atoms with Crippen molar-refractivity contribution in [3.8, 4) is 0 Å². The van der Waals surface area contributed by atoms with Crippen molar-refractivity contribution in [3.63, 3.8) is 0 Å². The van der Waals surface area contributed by atoms with Crippen LogP contribution in [0, 0.1) is 5.92 Å². The van der Waals surface area contributed by atoms with E-state index in [1.165, 1.54) is 13.0 Å². The van der Waals surface area contributed by atoms with Crippen molar-refractivity contribution >= 4 is 15.9 Å². The second kappa shape index (κ2) is 5.12. The molecule has 0 bridgehead atoms. The molecular weight excluding hydrogens is 206 g/mol. The number of hydrogen-bond acceptors (Lipinski definition) is 2. The van der Waals surface area contributed by atoms with Crippen LogP contribution in [0.3, 0.4) is 0 Å². The second-order valence-electron chi connectivity index (χ2n) is 3.18. The first-order chi connectivity index (χ1) is 5.33. The van der Waals surface area contributed by atoms with E-state index in [9.17, 15) is 0 Å². The lowest BCUT2D eigenvalue weighted by Gasteiger charge is -2.18. The quantitative estimate of drug-likeness (QED) is 0.666. The van der Waals surface area contributed by atoms with Crippen LogP contribution in [0.25, 0.3) is 0 Å². The monoisotopic (exact) mass is 221 g/mol. The lowest BCUT2D eigenvalue weighted by molar-refractivity contribution is 0.175. The van der Waals surface area contributed by atoms with Gasteiger partial charge in [-0.15, -0.1) is 0 Å². The third-order valence-corrected chi connectivity index (χ3v) is 2.41. The molecule has 1 aliphatic heterocycles. The molecule has 1 rings (SSSR count). The second-order valence-corrected chi connectivity index (χ2v) is 3.97. The van der Waals surface area contributed by atoms with E-state index in [1.54, 1.807) is 0 Å². The van der Waals surface area contributed by atoms with Gasteiger partial charge in [-0.3, -0.25) is 0 Å². The average molecular weight is 222 g/mol. The molecule has 0 aromatic heterocycles. The maximum absolute atomic E-state index is 5.30. The Morgan fingerprint density at radius 3 is 3.00 bits per heavy atom. The van der Waals surface area contributed by atoms with Crippen LogP contribution in [0.5, 0.6) is 0 Å². The molecule has 0 N–H and O–H groups in total. The molecule has 2 nitrogen and oxygen atoms in total. The van der Waals surface area contributed by atoms with Crippen molar-refractivity contribution < 1.29 is 4.74 Å². The minimum absolute atomic E-state index is 0.777. The summed E-state index contributed by atoms with van der Waals surface area (Å²) in [6, 6.07) is 0. The summed E-state index contributed by atoms with van der Waals surface area (Å²) in [5, 5.41) is 1.07. The standard InChI is InChI=1S/C8H16BrNO/c1-10(4-3-9)6-8-2-5-11-7-8/h8H,2-7H2,1H3. The SMILES string of the molecule is CN(CCBr)CC1CCOC1. The van der Waals surface area contributed by atoms with E-state index < -0.39 is 0 Å². The van der Waals surface area contributed by atoms with E-state index in [0.717, 1.165) is 31.0 Å². The first-order valence-electron chi connectivity index (χ1n) is 4.15. The fourth-order valence-electron chi connectivity index (χ4n) is 1.40. The predicted molar refractivity (Wildman–Crippen MR) is 50.2 cm³/mol. The van der Waals surface area contributed by atoms with Crippen molar-refractivity contribution in [1.29, 1.82) is 0 Å². The number of alkyl halides is 1. The molecule has 0 spiro atoms. The molecule has 0 aromatic carbocycles. The van der Waals surface area contributed by atoms with Crippen molar-refractivity contribution in [2.75, 3.05) is 38.7 Å². The van der Waals surface area contributed by atoms with Crippen LogP contribution in [-0.2, 0) is 4.74 Å². The van der Waals surface area contributed by atoms with Gasteiger partial charge < -0.3 is 9.64 Å². The zero-order chi connectivity index (χ0) is 8.10.